The molecule has 2 aromatic rings. The van der Waals surface area contributed by atoms with Crippen LogP contribution in [0.3, 0.4) is 0 Å². The van der Waals surface area contributed by atoms with E-state index in [1.54, 1.807) is 11.0 Å². The second-order valence-electron chi connectivity index (χ2n) is 7.47. The maximum absolute atomic E-state index is 12.6. The van der Waals surface area contributed by atoms with Crippen molar-refractivity contribution in [3.63, 3.8) is 0 Å². The molecule has 0 aliphatic carbocycles. The maximum atomic E-state index is 12.6. The quantitative estimate of drug-likeness (QED) is 0.295. The zero-order valence-corrected chi connectivity index (χ0v) is 18.1. The maximum Gasteiger partial charge on any atom is 0.165 e. The fourth-order valence-electron chi connectivity index (χ4n) is 4.12. The van der Waals surface area contributed by atoms with Gasteiger partial charge in [0.2, 0.25) is 0 Å². The highest BCUT2D eigenvalue weighted by molar-refractivity contribution is 7.79. The van der Waals surface area contributed by atoms with Gasteiger partial charge in [-0.2, -0.15) is 0 Å². The molecule has 158 valence electrons. The lowest BCUT2D eigenvalue weighted by Crippen LogP contribution is -2.39. The molecule has 1 N–H and O–H groups in total. The van der Waals surface area contributed by atoms with Crippen LogP contribution < -0.4 is 4.90 Å². The minimum absolute atomic E-state index is 0.123. The second kappa shape index (κ2) is 9.41. The Hall–Kier alpha value is -2.70. The number of carbonyl (C=O) groups is 1. The molecule has 1 aliphatic heterocycles. The van der Waals surface area contributed by atoms with Gasteiger partial charge in [0.25, 0.3) is 0 Å². The Bertz CT molecular complexity index is 1070. The van der Waals surface area contributed by atoms with E-state index in [0.29, 0.717) is 37.1 Å². The molecule has 5 nitrogen and oxygen atoms in total. The summed E-state index contributed by atoms with van der Waals surface area (Å²) in [6, 6.07) is 13.6. The van der Waals surface area contributed by atoms with Crippen molar-refractivity contribution in [2.75, 3.05) is 4.90 Å². The van der Waals surface area contributed by atoms with E-state index < -0.39 is 16.5 Å². The van der Waals surface area contributed by atoms with Gasteiger partial charge in [-0.05, 0) is 79.1 Å². The van der Waals surface area contributed by atoms with Crippen LogP contribution in [-0.2, 0) is 15.9 Å². The first-order chi connectivity index (χ1) is 14.3. The van der Waals surface area contributed by atoms with E-state index in [4.69, 9.17) is 0 Å². The van der Waals surface area contributed by atoms with Crippen molar-refractivity contribution >= 4 is 33.3 Å². The summed E-state index contributed by atoms with van der Waals surface area (Å²) < 4.78 is 24.6. The van der Waals surface area contributed by atoms with Gasteiger partial charge in [0.05, 0.1) is 16.6 Å². The molecular formula is C24H26NO4S-. The zero-order valence-electron chi connectivity index (χ0n) is 17.3. The first-order valence-corrected chi connectivity index (χ1v) is 11.1. The van der Waals surface area contributed by atoms with E-state index in [0.717, 1.165) is 16.3 Å². The van der Waals surface area contributed by atoms with Gasteiger partial charge in [0, 0.05) is 5.69 Å². The third-order valence-electron chi connectivity index (χ3n) is 5.37. The number of ketones is 1. The number of allylic oxidation sites excluding steroid dienone is 4. The Morgan fingerprint density at radius 2 is 1.97 bits per heavy atom. The van der Waals surface area contributed by atoms with E-state index in [1.807, 2.05) is 42.5 Å². The van der Waals surface area contributed by atoms with Gasteiger partial charge >= 0.3 is 0 Å². The molecule has 0 fully saturated rings. The van der Waals surface area contributed by atoms with Crippen molar-refractivity contribution in [3.8, 4) is 0 Å². The molecule has 0 radical (unpaired) electrons. The molecule has 2 aromatic carbocycles. The number of carbonyl (C=O) groups excluding carboxylic acids is 1. The number of hydrogen-bond acceptors (Lipinski definition) is 5. The van der Waals surface area contributed by atoms with Crippen LogP contribution in [0, 0.1) is 0 Å². The normalized spacial score (nSPS) is 19.3. The highest BCUT2D eigenvalue weighted by Gasteiger charge is 2.32. The Kier molecular flexibility index (Phi) is 6.90. The van der Waals surface area contributed by atoms with Crippen LogP contribution in [0.2, 0.25) is 0 Å². The summed E-state index contributed by atoms with van der Waals surface area (Å²) in [5.41, 5.74) is 2.19. The van der Waals surface area contributed by atoms with Crippen molar-refractivity contribution in [1.29, 1.82) is 0 Å². The van der Waals surface area contributed by atoms with Crippen LogP contribution in [0.5, 0.6) is 0 Å². The third-order valence-corrected chi connectivity index (χ3v) is 6.26. The van der Waals surface area contributed by atoms with Crippen LogP contribution in [-0.4, -0.2) is 25.0 Å². The number of aliphatic hydroxyl groups is 1. The molecule has 30 heavy (non-hydrogen) atoms. The molecule has 1 heterocycles. The van der Waals surface area contributed by atoms with Gasteiger partial charge in [-0.3, -0.25) is 9.00 Å². The smallest absolute Gasteiger partial charge is 0.165 e. The lowest BCUT2D eigenvalue weighted by molar-refractivity contribution is -0.113. The van der Waals surface area contributed by atoms with Crippen LogP contribution in [0.1, 0.15) is 39.5 Å². The average molecular weight is 425 g/mol. The summed E-state index contributed by atoms with van der Waals surface area (Å²) in [6.07, 6.45) is 3.95. The van der Waals surface area contributed by atoms with Gasteiger partial charge < -0.3 is 14.6 Å². The van der Waals surface area contributed by atoms with E-state index >= 15 is 0 Å². The van der Waals surface area contributed by atoms with Crippen molar-refractivity contribution in [2.24, 2.45) is 0 Å². The summed E-state index contributed by atoms with van der Waals surface area (Å²) in [5.74, 6) is -0.433. The molecule has 0 bridgehead atoms. The molecule has 0 saturated carbocycles. The second-order valence-corrected chi connectivity index (χ2v) is 8.54. The lowest BCUT2D eigenvalue weighted by Gasteiger charge is -2.37. The van der Waals surface area contributed by atoms with Gasteiger partial charge in [-0.25, -0.2) is 0 Å². The Morgan fingerprint density at radius 1 is 1.27 bits per heavy atom. The number of nitrogens with zero attached hydrogens (tertiary/aromatic N) is 1. The van der Waals surface area contributed by atoms with Crippen LogP contribution in [0.4, 0.5) is 5.69 Å². The number of Topliss-reactive ketones (excluding diaryl/α,β-unsaturated/α-hetero) is 1. The van der Waals surface area contributed by atoms with E-state index in [9.17, 15) is 18.7 Å². The number of fused-ring (bicyclic) bond motifs is 1. The Balaban J connectivity index is 2.35. The van der Waals surface area contributed by atoms with E-state index in [-0.39, 0.29) is 17.1 Å². The lowest BCUT2D eigenvalue weighted by atomic mass is 9.96. The summed E-state index contributed by atoms with van der Waals surface area (Å²) >= 11 is -2.41. The fraction of sp³-hybridized carbons (Fsp3) is 0.292. The van der Waals surface area contributed by atoms with Crippen LogP contribution in [0.15, 0.2) is 77.7 Å². The predicted octanol–water partition coefficient (Wildman–Crippen LogP) is 5.29. The number of aliphatic hydroxyl groups excluding tert-OH is 1. The molecular weight excluding hydrogens is 398 g/mol. The SMILES string of the molecule is C=CCC1=C(C(C(C)=O)=C(C)O)N(c2ccc3ccccc3c2)C(S(=O)[O-])CCC1. The molecule has 2 atom stereocenters. The van der Waals surface area contributed by atoms with Crippen molar-refractivity contribution in [3.05, 3.63) is 77.7 Å². The Labute approximate surface area is 179 Å². The monoisotopic (exact) mass is 424 g/mol. The van der Waals surface area contributed by atoms with E-state index in [1.165, 1.54) is 13.8 Å². The van der Waals surface area contributed by atoms with Crippen LogP contribution >= 0.6 is 0 Å². The highest BCUT2D eigenvalue weighted by Crippen LogP contribution is 2.39. The first kappa shape index (κ1) is 22.0. The number of benzene rings is 2. The molecule has 0 aromatic heterocycles. The average Bonchev–Trinajstić information content (AvgIpc) is 2.88. The summed E-state index contributed by atoms with van der Waals surface area (Å²) in [7, 11) is 0. The summed E-state index contributed by atoms with van der Waals surface area (Å²) in [4.78, 5) is 14.3. The standard InChI is InChI=1S/C24H27NO4S/c1-4-8-19-11-7-12-22(30(28)29)25(24(19)23(16(2)26)17(3)27)21-14-13-18-9-5-6-10-20(18)15-21/h4-6,9-10,13-15,22,26H,1,7-8,11-12H2,2-3H3,(H,28,29)/p-1. The summed E-state index contributed by atoms with van der Waals surface area (Å²) in [5, 5.41) is 11.5. The van der Waals surface area contributed by atoms with Crippen molar-refractivity contribution in [1.82, 2.24) is 0 Å². The molecule has 0 amide bonds. The van der Waals surface area contributed by atoms with Gasteiger partial charge in [-0.15, -0.1) is 6.58 Å². The molecule has 0 saturated heterocycles. The highest BCUT2D eigenvalue weighted by atomic mass is 32.2. The minimum Gasteiger partial charge on any atom is -0.771 e. The topological polar surface area (TPSA) is 80.7 Å². The molecule has 2 unspecified atom stereocenters. The number of rotatable bonds is 6. The van der Waals surface area contributed by atoms with Crippen molar-refractivity contribution < 1.29 is 18.7 Å². The molecule has 6 heteroatoms. The third kappa shape index (κ3) is 4.40. The summed E-state index contributed by atoms with van der Waals surface area (Å²) in [6.45, 7) is 6.67. The molecule has 1 aliphatic rings. The minimum atomic E-state index is -2.41. The van der Waals surface area contributed by atoms with E-state index in [2.05, 4.69) is 6.58 Å². The van der Waals surface area contributed by atoms with Crippen LogP contribution in [0.25, 0.3) is 10.8 Å². The van der Waals surface area contributed by atoms with Gasteiger partial charge in [0.15, 0.2) is 5.78 Å². The number of anilines is 1. The number of hydrogen-bond donors (Lipinski definition) is 1. The molecule has 0 spiro atoms. The van der Waals surface area contributed by atoms with Crippen molar-refractivity contribution in [2.45, 2.75) is 44.9 Å². The van der Waals surface area contributed by atoms with Gasteiger partial charge in [-0.1, -0.05) is 36.4 Å². The predicted molar refractivity (Wildman–Crippen MR) is 121 cm³/mol. The fourth-order valence-corrected chi connectivity index (χ4v) is 4.88. The Morgan fingerprint density at radius 3 is 2.57 bits per heavy atom. The molecule has 3 rings (SSSR count). The van der Waals surface area contributed by atoms with Gasteiger partial charge in [0.1, 0.15) is 5.76 Å². The largest absolute Gasteiger partial charge is 0.771 e. The zero-order chi connectivity index (χ0) is 21.8. The first-order valence-electron chi connectivity index (χ1n) is 9.95.